The fraction of sp³-hybridized carbons (Fsp3) is 0.647. The maximum absolute atomic E-state index is 12.9. The molecule has 0 N–H and O–H groups in total. The van der Waals surface area contributed by atoms with Crippen LogP contribution in [-0.4, -0.2) is 59.2 Å². The Balaban J connectivity index is 1.82. The van der Waals surface area contributed by atoms with E-state index in [9.17, 15) is 9.59 Å². The van der Waals surface area contributed by atoms with Crippen LogP contribution in [0.25, 0.3) is 0 Å². The van der Waals surface area contributed by atoms with E-state index in [-0.39, 0.29) is 23.4 Å². The summed E-state index contributed by atoms with van der Waals surface area (Å²) in [4.78, 5) is 26.3. The summed E-state index contributed by atoms with van der Waals surface area (Å²) in [6.07, 6.45) is 3.54. The Morgan fingerprint density at radius 2 is 2.17 bits per heavy atom. The van der Waals surface area contributed by atoms with Gasteiger partial charge in [-0.05, 0) is 32.8 Å². The van der Waals surface area contributed by atoms with E-state index in [0.717, 1.165) is 19.4 Å². The van der Waals surface area contributed by atoms with Crippen LogP contribution in [0.15, 0.2) is 12.3 Å². The first-order valence-electron chi connectivity index (χ1n) is 8.12. The molecule has 2 aliphatic rings. The third-order valence-corrected chi connectivity index (χ3v) is 4.61. The van der Waals surface area contributed by atoms with Gasteiger partial charge in [0.15, 0.2) is 5.78 Å². The van der Waals surface area contributed by atoms with Gasteiger partial charge < -0.3 is 18.9 Å². The van der Waals surface area contributed by atoms with Crippen molar-refractivity contribution in [3.8, 4) is 0 Å². The zero-order valence-electron chi connectivity index (χ0n) is 14.0. The molecule has 1 amide bonds. The molecule has 3 rings (SSSR count). The van der Waals surface area contributed by atoms with Crippen molar-refractivity contribution in [3.05, 3.63) is 23.5 Å². The molecule has 1 aromatic rings. The highest BCUT2D eigenvalue weighted by Gasteiger charge is 2.43. The van der Waals surface area contributed by atoms with E-state index in [1.165, 1.54) is 6.92 Å². The van der Waals surface area contributed by atoms with Crippen LogP contribution in [0.5, 0.6) is 0 Å². The number of ether oxygens (including phenoxy) is 2. The highest BCUT2D eigenvalue weighted by atomic mass is 16.6. The first kappa shape index (κ1) is 16.2. The van der Waals surface area contributed by atoms with Crippen LogP contribution in [0, 0.1) is 0 Å². The number of hydrogen-bond acceptors (Lipinski definition) is 4. The third-order valence-electron chi connectivity index (χ3n) is 4.61. The quantitative estimate of drug-likeness (QED) is 0.777. The standard InChI is InChI=1S/C17H24N2O4/c1-12-8-19(10-17(23-12)5-4-6-22-11-17)16(21)15-7-14(13(2)20)9-18(15)3/h7,9,12H,4-6,8,10-11H2,1-3H3/t12-,17-/m1/s1. The zero-order valence-corrected chi connectivity index (χ0v) is 14.0. The molecule has 6 heteroatoms. The molecule has 6 nitrogen and oxygen atoms in total. The van der Waals surface area contributed by atoms with Gasteiger partial charge in [-0.15, -0.1) is 0 Å². The summed E-state index contributed by atoms with van der Waals surface area (Å²) in [6, 6.07) is 1.68. The van der Waals surface area contributed by atoms with E-state index in [1.54, 1.807) is 23.9 Å². The van der Waals surface area contributed by atoms with E-state index >= 15 is 0 Å². The van der Waals surface area contributed by atoms with Gasteiger partial charge in [0.1, 0.15) is 11.3 Å². The fourth-order valence-corrected chi connectivity index (χ4v) is 3.55. The Morgan fingerprint density at radius 3 is 2.78 bits per heavy atom. The van der Waals surface area contributed by atoms with Gasteiger partial charge in [-0.25, -0.2) is 0 Å². The van der Waals surface area contributed by atoms with Crippen LogP contribution in [0.3, 0.4) is 0 Å². The van der Waals surface area contributed by atoms with E-state index in [0.29, 0.717) is 31.0 Å². The number of hydrogen-bond donors (Lipinski definition) is 0. The molecule has 2 saturated heterocycles. The number of carbonyl (C=O) groups is 2. The summed E-state index contributed by atoms with van der Waals surface area (Å²) in [5.74, 6) is -0.0905. The lowest BCUT2D eigenvalue weighted by Crippen LogP contribution is -2.59. The minimum Gasteiger partial charge on any atom is -0.378 e. The minimum atomic E-state index is -0.389. The van der Waals surface area contributed by atoms with Gasteiger partial charge in [0.25, 0.3) is 5.91 Å². The molecule has 0 unspecified atom stereocenters. The minimum absolute atomic E-state index is 0.0260. The van der Waals surface area contributed by atoms with Crippen molar-refractivity contribution in [2.24, 2.45) is 7.05 Å². The monoisotopic (exact) mass is 320 g/mol. The van der Waals surface area contributed by atoms with Crippen molar-refractivity contribution in [1.29, 1.82) is 0 Å². The van der Waals surface area contributed by atoms with Crippen molar-refractivity contribution in [3.63, 3.8) is 0 Å². The van der Waals surface area contributed by atoms with Gasteiger partial charge in [-0.3, -0.25) is 9.59 Å². The van der Waals surface area contributed by atoms with Crippen LogP contribution >= 0.6 is 0 Å². The van der Waals surface area contributed by atoms with Crippen LogP contribution in [0.2, 0.25) is 0 Å². The number of carbonyl (C=O) groups excluding carboxylic acids is 2. The zero-order chi connectivity index (χ0) is 16.6. The molecule has 23 heavy (non-hydrogen) atoms. The third kappa shape index (κ3) is 3.19. The van der Waals surface area contributed by atoms with Crippen molar-refractivity contribution in [1.82, 2.24) is 9.47 Å². The lowest BCUT2D eigenvalue weighted by atomic mass is 9.93. The summed E-state index contributed by atoms with van der Waals surface area (Å²) >= 11 is 0. The molecule has 2 aliphatic heterocycles. The number of nitrogens with zero attached hydrogens (tertiary/aromatic N) is 2. The first-order chi connectivity index (χ1) is 10.9. The Bertz CT molecular complexity index is 616. The van der Waals surface area contributed by atoms with Crippen molar-refractivity contribution < 1.29 is 19.1 Å². The number of ketones is 1. The van der Waals surface area contributed by atoms with Gasteiger partial charge in [0, 0.05) is 32.0 Å². The van der Waals surface area contributed by atoms with Crippen molar-refractivity contribution >= 4 is 11.7 Å². The average Bonchev–Trinajstić information content (AvgIpc) is 2.88. The topological polar surface area (TPSA) is 60.8 Å². The molecule has 0 aliphatic carbocycles. The molecule has 0 aromatic carbocycles. The maximum atomic E-state index is 12.9. The molecule has 1 aromatic heterocycles. The summed E-state index contributed by atoms with van der Waals surface area (Å²) in [7, 11) is 1.79. The molecular formula is C17H24N2O4. The van der Waals surface area contributed by atoms with Crippen LogP contribution < -0.4 is 0 Å². The summed E-state index contributed by atoms with van der Waals surface area (Å²) in [5, 5.41) is 0. The number of amides is 1. The smallest absolute Gasteiger partial charge is 0.270 e. The lowest BCUT2D eigenvalue weighted by molar-refractivity contribution is -0.188. The van der Waals surface area contributed by atoms with E-state index in [2.05, 4.69) is 0 Å². The number of Topliss-reactive ketones (excluding diaryl/α,β-unsaturated/α-hetero) is 1. The molecule has 1 spiro atoms. The van der Waals surface area contributed by atoms with E-state index in [1.807, 2.05) is 11.8 Å². The molecule has 126 valence electrons. The van der Waals surface area contributed by atoms with E-state index in [4.69, 9.17) is 9.47 Å². The van der Waals surface area contributed by atoms with Crippen LogP contribution in [0.4, 0.5) is 0 Å². The van der Waals surface area contributed by atoms with Gasteiger partial charge in [-0.1, -0.05) is 0 Å². The number of aryl methyl sites for hydroxylation is 1. The van der Waals surface area contributed by atoms with Gasteiger partial charge >= 0.3 is 0 Å². The molecule has 0 saturated carbocycles. The highest BCUT2D eigenvalue weighted by Crippen LogP contribution is 2.30. The van der Waals surface area contributed by atoms with Gasteiger partial charge in [0.05, 0.1) is 19.3 Å². The number of aromatic nitrogens is 1. The second kappa shape index (κ2) is 6.09. The Hall–Kier alpha value is -1.66. The Labute approximate surface area is 136 Å². The number of morpholine rings is 1. The molecular weight excluding hydrogens is 296 g/mol. The summed E-state index contributed by atoms with van der Waals surface area (Å²) in [6.45, 7) is 5.88. The first-order valence-corrected chi connectivity index (χ1v) is 8.12. The SMILES string of the molecule is CC(=O)c1cc(C(=O)N2C[C@@H](C)O[C@]3(CCCOC3)C2)n(C)c1. The largest absolute Gasteiger partial charge is 0.378 e. The van der Waals surface area contributed by atoms with Gasteiger partial charge in [0.2, 0.25) is 0 Å². The highest BCUT2D eigenvalue weighted by molar-refractivity contribution is 5.99. The fourth-order valence-electron chi connectivity index (χ4n) is 3.55. The summed E-state index contributed by atoms with van der Waals surface area (Å²) < 4.78 is 13.4. The lowest BCUT2D eigenvalue weighted by Gasteiger charge is -2.47. The molecule has 0 bridgehead atoms. The average molecular weight is 320 g/mol. The number of rotatable bonds is 2. The Kier molecular flexibility index (Phi) is 4.29. The van der Waals surface area contributed by atoms with Crippen LogP contribution in [-0.2, 0) is 16.5 Å². The Morgan fingerprint density at radius 1 is 1.39 bits per heavy atom. The van der Waals surface area contributed by atoms with Crippen molar-refractivity contribution in [2.45, 2.75) is 38.4 Å². The molecule has 3 heterocycles. The predicted molar refractivity (Wildman–Crippen MR) is 84.7 cm³/mol. The second-order valence-corrected chi connectivity index (χ2v) is 6.73. The second-order valence-electron chi connectivity index (χ2n) is 6.73. The molecule has 2 fully saturated rings. The van der Waals surface area contributed by atoms with Crippen LogP contribution in [0.1, 0.15) is 47.5 Å². The molecule has 0 radical (unpaired) electrons. The maximum Gasteiger partial charge on any atom is 0.270 e. The summed E-state index contributed by atoms with van der Waals surface area (Å²) in [5.41, 5.74) is 0.712. The van der Waals surface area contributed by atoms with Crippen molar-refractivity contribution in [2.75, 3.05) is 26.3 Å². The van der Waals surface area contributed by atoms with E-state index < -0.39 is 0 Å². The van der Waals surface area contributed by atoms with Gasteiger partial charge in [-0.2, -0.15) is 0 Å². The predicted octanol–water partition coefficient (Wildman–Crippen LogP) is 1.64. The normalized spacial score (nSPS) is 28.1. The molecule has 2 atom stereocenters.